The number of imidazole rings is 1. The van der Waals surface area contributed by atoms with Gasteiger partial charge in [0.25, 0.3) is 0 Å². The number of benzene rings is 1. The van der Waals surface area contributed by atoms with Crippen LogP contribution in [0.3, 0.4) is 0 Å². The van der Waals surface area contributed by atoms with Crippen LogP contribution in [0, 0.1) is 0 Å². The highest BCUT2D eigenvalue weighted by molar-refractivity contribution is 6.01. The second kappa shape index (κ2) is 5.43. The largest absolute Gasteiger partial charge is 0.478 e. The third-order valence-corrected chi connectivity index (χ3v) is 3.28. The molecule has 19 heavy (non-hydrogen) atoms. The molecule has 0 aliphatic rings. The fourth-order valence-electron chi connectivity index (χ4n) is 2.36. The molecule has 0 spiro atoms. The monoisotopic (exact) mass is 260 g/mol. The number of hydrogen-bond donors (Lipinski definition) is 1. The maximum absolute atomic E-state index is 11.4. The van der Waals surface area contributed by atoms with Gasteiger partial charge < -0.3 is 9.67 Å². The van der Waals surface area contributed by atoms with Gasteiger partial charge in [-0.25, -0.2) is 9.78 Å². The summed E-state index contributed by atoms with van der Waals surface area (Å²) < 4.78 is 2.08. The molecule has 2 rings (SSSR count). The fraction of sp³-hybridized carbons (Fsp3) is 0.467. The highest BCUT2D eigenvalue weighted by Crippen LogP contribution is 2.25. The normalized spacial score (nSPS) is 11.4. The summed E-state index contributed by atoms with van der Waals surface area (Å²) in [7, 11) is 0. The Balaban J connectivity index is 2.69. The molecule has 0 fully saturated rings. The standard InChI is InChI=1S/C15H20N2O2/c1-4-5-9-17-13-11(15(18)19)7-6-8-12(13)16-14(17)10(2)3/h6-8,10H,4-5,9H2,1-3H3,(H,18,19). The van der Waals surface area contributed by atoms with Gasteiger partial charge in [-0.05, 0) is 18.6 Å². The van der Waals surface area contributed by atoms with E-state index in [1.807, 2.05) is 6.07 Å². The Morgan fingerprint density at radius 1 is 1.42 bits per heavy atom. The number of unbranched alkanes of at least 4 members (excludes halogenated alkanes) is 1. The topological polar surface area (TPSA) is 55.1 Å². The summed E-state index contributed by atoms with van der Waals surface area (Å²) in [6, 6.07) is 5.29. The van der Waals surface area contributed by atoms with E-state index in [-0.39, 0.29) is 5.92 Å². The molecule has 102 valence electrons. The Morgan fingerprint density at radius 2 is 2.16 bits per heavy atom. The van der Waals surface area contributed by atoms with Gasteiger partial charge in [-0.3, -0.25) is 0 Å². The van der Waals surface area contributed by atoms with Gasteiger partial charge in [0.15, 0.2) is 0 Å². The molecule has 0 aliphatic heterocycles. The van der Waals surface area contributed by atoms with E-state index in [2.05, 4.69) is 30.3 Å². The van der Waals surface area contributed by atoms with Crippen molar-refractivity contribution in [3.8, 4) is 0 Å². The Morgan fingerprint density at radius 3 is 2.74 bits per heavy atom. The Hall–Kier alpha value is -1.84. The van der Waals surface area contributed by atoms with Crippen molar-refractivity contribution in [2.45, 2.75) is 46.1 Å². The highest BCUT2D eigenvalue weighted by Gasteiger charge is 2.18. The van der Waals surface area contributed by atoms with E-state index in [0.717, 1.165) is 36.2 Å². The molecule has 2 aromatic rings. The lowest BCUT2D eigenvalue weighted by molar-refractivity contribution is 0.0698. The van der Waals surface area contributed by atoms with Gasteiger partial charge in [-0.2, -0.15) is 0 Å². The van der Waals surface area contributed by atoms with E-state index in [9.17, 15) is 9.90 Å². The number of fused-ring (bicyclic) bond motifs is 1. The summed E-state index contributed by atoms with van der Waals surface area (Å²) in [6.07, 6.45) is 2.10. The number of aromatic carboxylic acids is 1. The Labute approximate surface area is 113 Å². The van der Waals surface area contributed by atoms with E-state index in [4.69, 9.17) is 0 Å². The maximum atomic E-state index is 11.4. The number of nitrogens with zero attached hydrogens (tertiary/aromatic N) is 2. The number of carbonyl (C=O) groups is 1. The lowest BCUT2D eigenvalue weighted by atomic mass is 10.1. The van der Waals surface area contributed by atoms with Crippen molar-refractivity contribution in [2.24, 2.45) is 0 Å². The molecule has 1 aromatic carbocycles. The van der Waals surface area contributed by atoms with E-state index < -0.39 is 5.97 Å². The molecule has 0 aliphatic carbocycles. The van der Waals surface area contributed by atoms with E-state index in [1.165, 1.54) is 0 Å². The van der Waals surface area contributed by atoms with Gasteiger partial charge in [0.1, 0.15) is 5.82 Å². The minimum Gasteiger partial charge on any atom is -0.478 e. The Bertz CT molecular complexity index is 599. The molecule has 0 unspecified atom stereocenters. The van der Waals surface area contributed by atoms with Crippen molar-refractivity contribution >= 4 is 17.0 Å². The van der Waals surface area contributed by atoms with Gasteiger partial charge >= 0.3 is 5.97 Å². The van der Waals surface area contributed by atoms with Crippen molar-refractivity contribution in [1.29, 1.82) is 0 Å². The van der Waals surface area contributed by atoms with Crippen LogP contribution in [0.15, 0.2) is 18.2 Å². The molecule has 0 amide bonds. The summed E-state index contributed by atoms with van der Waals surface area (Å²) >= 11 is 0. The molecular formula is C15H20N2O2. The van der Waals surface area contributed by atoms with Crippen LogP contribution in [0.5, 0.6) is 0 Å². The number of rotatable bonds is 5. The van der Waals surface area contributed by atoms with Gasteiger partial charge in [0, 0.05) is 12.5 Å². The second-order valence-corrected chi connectivity index (χ2v) is 5.11. The summed E-state index contributed by atoms with van der Waals surface area (Å²) in [5.41, 5.74) is 1.87. The predicted molar refractivity (Wildman–Crippen MR) is 75.7 cm³/mol. The number of aryl methyl sites for hydroxylation is 1. The molecule has 0 saturated heterocycles. The summed E-state index contributed by atoms with van der Waals surface area (Å²) in [5.74, 6) is 0.363. The first-order valence-electron chi connectivity index (χ1n) is 6.78. The van der Waals surface area contributed by atoms with Crippen LogP contribution < -0.4 is 0 Å². The lowest BCUT2D eigenvalue weighted by Gasteiger charge is -2.11. The van der Waals surface area contributed by atoms with Crippen molar-refractivity contribution in [3.05, 3.63) is 29.6 Å². The van der Waals surface area contributed by atoms with Gasteiger partial charge in [-0.15, -0.1) is 0 Å². The van der Waals surface area contributed by atoms with Gasteiger partial charge in [0.05, 0.1) is 16.6 Å². The first-order valence-corrected chi connectivity index (χ1v) is 6.78. The minimum atomic E-state index is -0.890. The summed E-state index contributed by atoms with van der Waals surface area (Å²) in [6.45, 7) is 7.13. The third-order valence-electron chi connectivity index (χ3n) is 3.28. The van der Waals surface area contributed by atoms with E-state index >= 15 is 0 Å². The fourth-order valence-corrected chi connectivity index (χ4v) is 2.36. The van der Waals surface area contributed by atoms with Crippen LogP contribution in [0.25, 0.3) is 11.0 Å². The van der Waals surface area contributed by atoms with E-state index in [1.54, 1.807) is 12.1 Å². The SMILES string of the molecule is CCCCn1c(C(C)C)nc2cccc(C(=O)O)c21. The average molecular weight is 260 g/mol. The average Bonchev–Trinajstić information content (AvgIpc) is 2.74. The predicted octanol–water partition coefficient (Wildman–Crippen LogP) is 3.66. The summed E-state index contributed by atoms with van der Waals surface area (Å²) in [5, 5.41) is 9.34. The van der Waals surface area contributed by atoms with Crippen molar-refractivity contribution < 1.29 is 9.90 Å². The van der Waals surface area contributed by atoms with Crippen LogP contribution in [0.1, 0.15) is 55.7 Å². The lowest BCUT2D eigenvalue weighted by Crippen LogP contribution is -2.08. The van der Waals surface area contributed by atoms with Crippen molar-refractivity contribution in [1.82, 2.24) is 9.55 Å². The molecule has 4 nitrogen and oxygen atoms in total. The van der Waals surface area contributed by atoms with Crippen LogP contribution in [-0.4, -0.2) is 20.6 Å². The number of para-hydroxylation sites is 1. The molecule has 4 heteroatoms. The molecule has 0 radical (unpaired) electrons. The second-order valence-electron chi connectivity index (χ2n) is 5.11. The van der Waals surface area contributed by atoms with Gasteiger partial charge in [-0.1, -0.05) is 33.3 Å². The zero-order valence-corrected chi connectivity index (χ0v) is 11.7. The van der Waals surface area contributed by atoms with Crippen molar-refractivity contribution in [3.63, 3.8) is 0 Å². The Kier molecular flexibility index (Phi) is 3.88. The zero-order chi connectivity index (χ0) is 14.0. The molecule has 0 bridgehead atoms. The first-order chi connectivity index (χ1) is 9.06. The quantitative estimate of drug-likeness (QED) is 0.892. The molecule has 1 N–H and O–H groups in total. The smallest absolute Gasteiger partial charge is 0.337 e. The highest BCUT2D eigenvalue weighted by atomic mass is 16.4. The maximum Gasteiger partial charge on any atom is 0.337 e. The number of hydrogen-bond acceptors (Lipinski definition) is 2. The van der Waals surface area contributed by atoms with Crippen LogP contribution in [-0.2, 0) is 6.54 Å². The van der Waals surface area contributed by atoms with Crippen LogP contribution >= 0.6 is 0 Å². The van der Waals surface area contributed by atoms with Gasteiger partial charge in [0.2, 0.25) is 0 Å². The minimum absolute atomic E-state index is 0.283. The molecule has 1 aromatic heterocycles. The number of carboxylic acids is 1. The molecule has 1 heterocycles. The van der Waals surface area contributed by atoms with Crippen LogP contribution in [0.2, 0.25) is 0 Å². The summed E-state index contributed by atoms with van der Waals surface area (Å²) in [4.78, 5) is 16.0. The van der Waals surface area contributed by atoms with E-state index in [0.29, 0.717) is 5.56 Å². The van der Waals surface area contributed by atoms with Crippen molar-refractivity contribution in [2.75, 3.05) is 0 Å². The first kappa shape index (κ1) is 13.6. The number of carboxylic acid groups (broad SMARTS) is 1. The zero-order valence-electron chi connectivity index (χ0n) is 11.7. The van der Waals surface area contributed by atoms with Crippen LogP contribution in [0.4, 0.5) is 0 Å². The number of aromatic nitrogens is 2. The molecule has 0 atom stereocenters. The molecule has 0 saturated carbocycles. The molecular weight excluding hydrogens is 240 g/mol. The third kappa shape index (κ3) is 2.48.